The molecule has 0 spiro atoms. The second-order valence-electron chi connectivity index (χ2n) is 4.81. The van der Waals surface area contributed by atoms with Crippen LogP contribution in [0.5, 0.6) is 11.6 Å². The minimum atomic E-state index is 0.270. The van der Waals surface area contributed by atoms with Gasteiger partial charge in [0.25, 0.3) is 0 Å². The van der Waals surface area contributed by atoms with Gasteiger partial charge in [-0.1, -0.05) is 36.2 Å². The largest absolute Gasteiger partial charge is 0.439 e. The van der Waals surface area contributed by atoms with Crippen LogP contribution in [0.15, 0.2) is 36.5 Å². The first-order valence-electron chi connectivity index (χ1n) is 6.91. The lowest BCUT2D eigenvalue weighted by Gasteiger charge is -2.13. The van der Waals surface area contributed by atoms with Crippen LogP contribution in [-0.2, 0) is 0 Å². The summed E-state index contributed by atoms with van der Waals surface area (Å²) < 4.78 is 5.66. The standard InChI is InChI=1S/C16H18Cl2N2O/c1-3-6-19-11(2)12-4-5-16(20-10-12)21-15-8-13(17)7-14(18)9-15/h4-5,7-11,19H,3,6H2,1-2H3. The van der Waals surface area contributed by atoms with Crippen LogP contribution in [0.1, 0.15) is 31.9 Å². The van der Waals surface area contributed by atoms with Crippen LogP contribution in [0.3, 0.4) is 0 Å². The van der Waals surface area contributed by atoms with Gasteiger partial charge in [0.05, 0.1) is 0 Å². The smallest absolute Gasteiger partial charge is 0.219 e. The minimum Gasteiger partial charge on any atom is -0.439 e. The maximum atomic E-state index is 5.94. The second kappa shape index (κ2) is 7.64. The third-order valence-corrected chi connectivity index (χ3v) is 3.45. The summed E-state index contributed by atoms with van der Waals surface area (Å²) in [7, 11) is 0. The molecule has 0 amide bonds. The lowest BCUT2D eigenvalue weighted by Crippen LogP contribution is -2.19. The fourth-order valence-corrected chi connectivity index (χ4v) is 2.40. The zero-order valence-corrected chi connectivity index (χ0v) is 13.6. The van der Waals surface area contributed by atoms with Crippen LogP contribution < -0.4 is 10.1 Å². The summed E-state index contributed by atoms with van der Waals surface area (Å²) in [6.07, 6.45) is 2.92. The molecule has 1 N–H and O–H groups in total. The number of nitrogens with zero attached hydrogens (tertiary/aromatic N) is 1. The van der Waals surface area contributed by atoms with Gasteiger partial charge in [-0.05, 0) is 43.7 Å². The number of pyridine rings is 1. The first-order valence-corrected chi connectivity index (χ1v) is 7.67. The molecule has 2 rings (SSSR count). The van der Waals surface area contributed by atoms with Crippen molar-refractivity contribution in [3.63, 3.8) is 0 Å². The molecule has 0 radical (unpaired) electrons. The summed E-state index contributed by atoms with van der Waals surface area (Å²) in [5.41, 5.74) is 1.12. The molecule has 1 aromatic carbocycles. The Balaban J connectivity index is 2.05. The van der Waals surface area contributed by atoms with E-state index in [1.807, 2.05) is 18.3 Å². The van der Waals surface area contributed by atoms with E-state index in [9.17, 15) is 0 Å². The van der Waals surface area contributed by atoms with Crippen molar-refractivity contribution >= 4 is 23.2 Å². The van der Waals surface area contributed by atoms with E-state index in [0.29, 0.717) is 21.7 Å². The van der Waals surface area contributed by atoms with Gasteiger partial charge in [0, 0.05) is 28.4 Å². The summed E-state index contributed by atoms with van der Waals surface area (Å²) in [6.45, 7) is 5.25. The Morgan fingerprint density at radius 1 is 1.19 bits per heavy atom. The van der Waals surface area contributed by atoms with E-state index in [0.717, 1.165) is 18.5 Å². The number of halogens is 2. The number of ether oxygens (including phenoxy) is 1. The maximum Gasteiger partial charge on any atom is 0.219 e. The van der Waals surface area contributed by atoms with Crippen LogP contribution in [0.4, 0.5) is 0 Å². The van der Waals surface area contributed by atoms with E-state index in [1.165, 1.54) is 0 Å². The highest BCUT2D eigenvalue weighted by atomic mass is 35.5. The molecular weight excluding hydrogens is 307 g/mol. The molecule has 112 valence electrons. The minimum absolute atomic E-state index is 0.270. The molecule has 2 aromatic rings. The lowest BCUT2D eigenvalue weighted by atomic mass is 10.1. The van der Waals surface area contributed by atoms with Crippen molar-refractivity contribution < 1.29 is 4.74 Å². The SMILES string of the molecule is CCCNC(C)c1ccc(Oc2cc(Cl)cc(Cl)c2)nc1. The molecule has 1 aromatic heterocycles. The molecule has 21 heavy (non-hydrogen) atoms. The molecule has 0 bridgehead atoms. The highest BCUT2D eigenvalue weighted by molar-refractivity contribution is 6.34. The van der Waals surface area contributed by atoms with Gasteiger partial charge in [-0.15, -0.1) is 0 Å². The third kappa shape index (κ3) is 4.88. The fraction of sp³-hybridized carbons (Fsp3) is 0.312. The van der Waals surface area contributed by atoms with E-state index in [-0.39, 0.29) is 6.04 Å². The predicted molar refractivity (Wildman–Crippen MR) is 87.5 cm³/mol. The Morgan fingerprint density at radius 2 is 1.90 bits per heavy atom. The zero-order chi connectivity index (χ0) is 15.2. The van der Waals surface area contributed by atoms with Crippen molar-refractivity contribution in [1.29, 1.82) is 0 Å². The Morgan fingerprint density at radius 3 is 2.48 bits per heavy atom. The first-order chi connectivity index (χ1) is 10.1. The van der Waals surface area contributed by atoms with Crippen molar-refractivity contribution in [2.45, 2.75) is 26.3 Å². The van der Waals surface area contributed by atoms with Crippen molar-refractivity contribution in [2.75, 3.05) is 6.54 Å². The highest BCUT2D eigenvalue weighted by Crippen LogP contribution is 2.27. The number of rotatable bonds is 6. The van der Waals surface area contributed by atoms with Crippen LogP contribution in [0, 0.1) is 0 Å². The van der Waals surface area contributed by atoms with Crippen molar-refractivity contribution in [2.24, 2.45) is 0 Å². The van der Waals surface area contributed by atoms with Gasteiger partial charge >= 0.3 is 0 Å². The van der Waals surface area contributed by atoms with Crippen molar-refractivity contribution in [1.82, 2.24) is 10.3 Å². The normalized spacial score (nSPS) is 12.2. The highest BCUT2D eigenvalue weighted by Gasteiger charge is 2.06. The Bertz CT molecular complexity index is 567. The molecule has 0 aliphatic rings. The molecule has 5 heteroatoms. The molecule has 1 heterocycles. The summed E-state index contributed by atoms with van der Waals surface area (Å²) >= 11 is 11.9. The van der Waals surface area contributed by atoms with Crippen molar-refractivity contribution in [3.05, 3.63) is 52.1 Å². The van der Waals surface area contributed by atoms with Gasteiger partial charge < -0.3 is 10.1 Å². The van der Waals surface area contributed by atoms with E-state index >= 15 is 0 Å². The molecule has 0 saturated heterocycles. The number of nitrogens with one attached hydrogen (secondary N) is 1. The molecule has 0 saturated carbocycles. The van der Waals surface area contributed by atoms with Gasteiger partial charge in [0.1, 0.15) is 5.75 Å². The summed E-state index contributed by atoms with van der Waals surface area (Å²) in [5.74, 6) is 1.09. The molecular formula is C16H18Cl2N2O. The monoisotopic (exact) mass is 324 g/mol. The van der Waals surface area contributed by atoms with Crippen LogP contribution >= 0.6 is 23.2 Å². The molecule has 0 aliphatic carbocycles. The summed E-state index contributed by atoms with van der Waals surface area (Å²) in [4.78, 5) is 4.31. The topological polar surface area (TPSA) is 34.1 Å². The van der Waals surface area contributed by atoms with Gasteiger partial charge in [-0.25, -0.2) is 4.98 Å². The first kappa shape index (κ1) is 16.1. The van der Waals surface area contributed by atoms with Gasteiger partial charge in [-0.2, -0.15) is 0 Å². The van der Waals surface area contributed by atoms with Gasteiger partial charge in [0.2, 0.25) is 5.88 Å². The van der Waals surface area contributed by atoms with E-state index in [1.54, 1.807) is 18.2 Å². The molecule has 0 aliphatic heterocycles. The lowest BCUT2D eigenvalue weighted by molar-refractivity contribution is 0.461. The average Bonchev–Trinajstić information content (AvgIpc) is 2.44. The molecule has 1 unspecified atom stereocenters. The molecule has 3 nitrogen and oxygen atoms in total. The molecule has 1 atom stereocenters. The molecule has 0 fully saturated rings. The van der Waals surface area contributed by atoms with Gasteiger partial charge in [-0.3, -0.25) is 0 Å². The van der Waals surface area contributed by atoms with Crippen LogP contribution in [0.25, 0.3) is 0 Å². The Labute approximate surface area is 135 Å². The number of aromatic nitrogens is 1. The van der Waals surface area contributed by atoms with E-state index in [2.05, 4.69) is 24.1 Å². The van der Waals surface area contributed by atoms with Crippen LogP contribution in [0.2, 0.25) is 10.0 Å². The van der Waals surface area contributed by atoms with E-state index < -0.39 is 0 Å². The summed E-state index contributed by atoms with van der Waals surface area (Å²) in [6, 6.07) is 9.18. The average molecular weight is 325 g/mol. The third-order valence-electron chi connectivity index (χ3n) is 3.02. The number of benzene rings is 1. The Kier molecular flexibility index (Phi) is 5.85. The maximum absolute atomic E-state index is 5.94. The van der Waals surface area contributed by atoms with Crippen molar-refractivity contribution in [3.8, 4) is 11.6 Å². The second-order valence-corrected chi connectivity index (χ2v) is 5.69. The zero-order valence-electron chi connectivity index (χ0n) is 12.1. The van der Waals surface area contributed by atoms with E-state index in [4.69, 9.17) is 27.9 Å². The fourth-order valence-electron chi connectivity index (χ4n) is 1.90. The number of hydrogen-bond donors (Lipinski definition) is 1. The van der Waals surface area contributed by atoms with Gasteiger partial charge in [0.15, 0.2) is 0 Å². The predicted octanol–water partition coefficient (Wildman–Crippen LogP) is 5.24. The quantitative estimate of drug-likeness (QED) is 0.788. The van der Waals surface area contributed by atoms with Crippen LogP contribution in [-0.4, -0.2) is 11.5 Å². The summed E-state index contributed by atoms with van der Waals surface area (Å²) in [5, 5.41) is 4.48. The number of hydrogen-bond acceptors (Lipinski definition) is 3. The Hall–Kier alpha value is -1.29.